The lowest BCUT2D eigenvalue weighted by molar-refractivity contribution is -0.207. The summed E-state index contributed by atoms with van der Waals surface area (Å²) in [6.07, 6.45) is 8.77. The predicted octanol–water partition coefficient (Wildman–Crippen LogP) is 3.52. The summed E-state index contributed by atoms with van der Waals surface area (Å²) >= 11 is 0. The van der Waals surface area contributed by atoms with Gasteiger partial charge in [0.15, 0.2) is 5.78 Å². The Morgan fingerprint density at radius 1 is 0.882 bits per heavy atom. The highest BCUT2D eigenvalue weighted by Gasteiger charge is 2.65. The highest BCUT2D eigenvalue weighted by atomic mass is 79.9. The third kappa shape index (κ3) is 7.02. The average molecular weight is 766 g/mol. The second kappa shape index (κ2) is 15.3. The first-order valence-electron chi connectivity index (χ1n) is 19.8. The summed E-state index contributed by atoms with van der Waals surface area (Å²) in [6, 6.07) is 17.5. The van der Waals surface area contributed by atoms with Crippen LogP contribution in [0.3, 0.4) is 0 Å². The van der Waals surface area contributed by atoms with Crippen LogP contribution in [0.1, 0.15) is 107 Å². The fraction of sp³-hybridized carbons (Fsp3) is 0.674. The third-order valence-corrected chi connectivity index (χ3v) is 15.3. The lowest BCUT2D eigenvalue weighted by Gasteiger charge is -2.63. The van der Waals surface area contributed by atoms with Crippen LogP contribution in [0.25, 0.3) is 0 Å². The van der Waals surface area contributed by atoms with Crippen LogP contribution in [-0.4, -0.2) is 71.5 Å². The van der Waals surface area contributed by atoms with Gasteiger partial charge in [-0.2, -0.15) is 0 Å². The Bertz CT molecular complexity index is 1510. The van der Waals surface area contributed by atoms with E-state index in [0.29, 0.717) is 53.7 Å². The van der Waals surface area contributed by atoms with Crippen LogP contribution in [0.4, 0.5) is 5.69 Å². The molecule has 1 heterocycles. The minimum atomic E-state index is -0.405. The van der Waals surface area contributed by atoms with Crippen LogP contribution in [0.5, 0.6) is 0 Å². The van der Waals surface area contributed by atoms with E-state index in [-0.39, 0.29) is 57.6 Å². The monoisotopic (exact) mass is 764 g/mol. The van der Waals surface area contributed by atoms with Crippen LogP contribution in [0.15, 0.2) is 54.6 Å². The van der Waals surface area contributed by atoms with Crippen molar-refractivity contribution in [2.45, 2.75) is 110 Å². The number of benzene rings is 2. The van der Waals surface area contributed by atoms with Gasteiger partial charge >= 0.3 is 0 Å². The molecule has 0 unspecified atom stereocenters. The zero-order valence-electron chi connectivity index (χ0n) is 31.0. The highest BCUT2D eigenvalue weighted by Crippen LogP contribution is 2.68. The quantitative estimate of drug-likeness (QED) is 0.219. The molecule has 5 aliphatic rings. The van der Waals surface area contributed by atoms with Crippen molar-refractivity contribution in [3.8, 4) is 0 Å². The molecule has 4 saturated carbocycles. The number of fused-ring (bicyclic) bond motifs is 5. The number of amides is 1. The maximum Gasteiger partial charge on any atom is 0.220 e. The molecule has 1 saturated heterocycles. The van der Waals surface area contributed by atoms with E-state index in [1.54, 1.807) is 0 Å². The number of quaternary nitrogens is 1. The van der Waals surface area contributed by atoms with Crippen LogP contribution in [-0.2, 0) is 4.79 Å². The van der Waals surface area contributed by atoms with Gasteiger partial charge in [0, 0.05) is 30.4 Å². The largest absolute Gasteiger partial charge is 1.00 e. The molecule has 51 heavy (non-hydrogen) atoms. The van der Waals surface area contributed by atoms with Crippen LogP contribution in [0, 0.1) is 46.3 Å². The van der Waals surface area contributed by atoms with Crippen molar-refractivity contribution < 1.29 is 41.9 Å². The van der Waals surface area contributed by atoms with E-state index in [1.165, 1.54) is 5.69 Å². The Labute approximate surface area is 316 Å². The molecule has 0 radical (unpaired) electrons. The molecule has 5 fully saturated rings. The van der Waals surface area contributed by atoms with Crippen LogP contribution >= 0.6 is 0 Å². The van der Waals surface area contributed by atoms with E-state index >= 15 is 0 Å². The smallest absolute Gasteiger partial charge is 0.220 e. The minimum Gasteiger partial charge on any atom is -1.00 e. The molecule has 2 aromatic carbocycles. The minimum absolute atomic E-state index is 0. The van der Waals surface area contributed by atoms with Crippen molar-refractivity contribution in [2.75, 3.05) is 26.2 Å². The van der Waals surface area contributed by atoms with E-state index in [1.807, 2.05) is 42.5 Å². The van der Waals surface area contributed by atoms with Crippen molar-refractivity contribution in [3.05, 3.63) is 65.7 Å². The number of carbonyl (C=O) groups excluding carboxylic acids is 2. The first-order chi connectivity index (χ1) is 24.0. The molecule has 7 rings (SSSR count). The van der Waals surface area contributed by atoms with Gasteiger partial charge in [-0.25, -0.2) is 0 Å². The van der Waals surface area contributed by atoms with Crippen molar-refractivity contribution in [3.63, 3.8) is 0 Å². The molecule has 8 heteroatoms. The fourth-order valence-electron chi connectivity index (χ4n) is 12.4. The molecular weight excluding hydrogens is 704 g/mol. The van der Waals surface area contributed by atoms with Gasteiger partial charge in [-0.05, 0) is 122 Å². The Morgan fingerprint density at radius 2 is 1.57 bits per heavy atom. The maximum absolute atomic E-state index is 13.2. The lowest BCUT2D eigenvalue weighted by Crippen LogP contribution is -3.00. The van der Waals surface area contributed by atoms with Gasteiger partial charge in [-0.3, -0.25) is 14.1 Å². The van der Waals surface area contributed by atoms with Crippen LogP contribution in [0.2, 0.25) is 0 Å². The summed E-state index contributed by atoms with van der Waals surface area (Å²) < 4.78 is 0.838. The van der Waals surface area contributed by atoms with Crippen molar-refractivity contribution in [1.29, 1.82) is 0 Å². The lowest BCUT2D eigenvalue weighted by atomic mass is 9.43. The van der Waals surface area contributed by atoms with Crippen LogP contribution < -0.4 is 26.8 Å². The molecule has 1 aliphatic heterocycles. The molecule has 0 bridgehead atoms. The second-order valence-corrected chi connectivity index (χ2v) is 17.7. The molecule has 7 nitrogen and oxygen atoms in total. The number of aliphatic hydroxyl groups is 3. The molecule has 1 amide bonds. The third-order valence-electron chi connectivity index (χ3n) is 15.3. The van der Waals surface area contributed by atoms with Crippen molar-refractivity contribution in [1.82, 2.24) is 9.80 Å². The van der Waals surface area contributed by atoms with E-state index in [4.69, 9.17) is 0 Å². The molecule has 2 aromatic rings. The molecule has 0 aromatic heterocycles. The Morgan fingerprint density at radius 3 is 2.27 bits per heavy atom. The first-order valence-corrected chi connectivity index (χ1v) is 19.8. The molecule has 4 N–H and O–H groups in total. The van der Waals surface area contributed by atoms with E-state index in [0.717, 1.165) is 88.3 Å². The number of likely N-dealkylation sites (tertiary alicyclic amines) is 1. The van der Waals surface area contributed by atoms with Gasteiger partial charge in [0.25, 0.3) is 0 Å². The predicted molar refractivity (Wildman–Crippen MR) is 197 cm³/mol. The van der Waals surface area contributed by atoms with Gasteiger partial charge in [0.1, 0.15) is 12.2 Å². The summed E-state index contributed by atoms with van der Waals surface area (Å²) in [5.74, 6) is 1.91. The summed E-state index contributed by atoms with van der Waals surface area (Å²) in [5, 5.41) is 37.2. The number of hydrogen-bond donors (Lipinski definition) is 4. The number of nitrogens with zero attached hydrogens (tertiary/aromatic N) is 1. The van der Waals surface area contributed by atoms with Gasteiger partial charge < -0.3 is 37.6 Å². The van der Waals surface area contributed by atoms with Gasteiger partial charge in [-0.15, -0.1) is 0 Å². The number of nitrogens with one attached hydrogen (secondary N) is 1. The summed E-state index contributed by atoms with van der Waals surface area (Å²) in [7, 11) is 0. The number of hydrogen-bond acceptors (Lipinski definition) is 5. The SMILES string of the molecule is C[C@H](CCC(=O)NCC[N+]1(c2ccc(C(=O)c3ccccc3)cc2)CCCC1)[C@H]1CC[C@H]2[C@@H]3[C@H](O)C[C@@H]4C[C@H](O)CC[C@]4(C)[C@H]3C[C@H](O)[C@]12C.[Br-]. The molecule has 11 atom stereocenters. The number of carbonyl (C=O) groups is 2. The Kier molecular flexibility index (Phi) is 11.6. The summed E-state index contributed by atoms with van der Waals surface area (Å²) in [4.78, 5) is 26.2. The first kappa shape index (κ1) is 38.6. The molecule has 0 spiro atoms. The average Bonchev–Trinajstić information content (AvgIpc) is 3.74. The Hall–Kier alpha value is -2.10. The number of halogens is 1. The Balaban J connectivity index is 0.00000448. The summed E-state index contributed by atoms with van der Waals surface area (Å²) in [5.41, 5.74) is 2.44. The zero-order valence-corrected chi connectivity index (χ0v) is 32.6. The molecular formula is C43H61BrN2O5. The van der Waals surface area contributed by atoms with Gasteiger partial charge in [0.2, 0.25) is 5.91 Å². The molecule has 4 aliphatic carbocycles. The normalized spacial score (nSPS) is 37.3. The second-order valence-electron chi connectivity index (χ2n) is 17.7. The maximum atomic E-state index is 13.2. The van der Waals surface area contributed by atoms with Crippen molar-refractivity contribution in [2.24, 2.45) is 46.3 Å². The number of aliphatic hydroxyl groups excluding tert-OH is 3. The zero-order chi connectivity index (χ0) is 35.3. The summed E-state index contributed by atoms with van der Waals surface area (Å²) in [6.45, 7) is 10.5. The number of rotatable bonds is 10. The van der Waals surface area contributed by atoms with Gasteiger partial charge in [-0.1, -0.05) is 51.1 Å². The standard InChI is InChI=1S/C43H60N2O5.BrH/c1-28(34-16-17-35-40-36(27-38(48)43(34,35)3)42(2)20-19-33(46)25-31(42)26-37(40)47)11-18-39(49)44-21-24-45(22-7-8-23-45)32-14-12-30(13-15-32)41(50)29-9-5-4-6-10-29;/h4-6,9-10,12-15,28,31,33-38,40,46-48H,7-8,11,16-27H2,1-3H3;1H/t28-,31+,33-,34-,35+,36+,37-,38+,40+,42+,43-;/m1./s1. The topological polar surface area (TPSA) is 107 Å². The van der Waals surface area contributed by atoms with E-state index in [9.17, 15) is 24.9 Å². The number of ketones is 1. The van der Waals surface area contributed by atoms with Crippen molar-refractivity contribution >= 4 is 17.4 Å². The van der Waals surface area contributed by atoms with E-state index < -0.39 is 6.10 Å². The molecule has 280 valence electrons. The highest BCUT2D eigenvalue weighted by molar-refractivity contribution is 6.09. The van der Waals surface area contributed by atoms with Gasteiger partial charge in [0.05, 0.1) is 37.9 Å². The fourth-order valence-corrected chi connectivity index (χ4v) is 12.4. The van der Waals surface area contributed by atoms with E-state index in [2.05, 4.69) is 38.2 Å².